The average molecular weight is 320 g/mol. The number of carbonyl (C=O) groups excluding carboxylic acids is 1. The molecule has 0 fully saturated rings. The van der Waals surface area contributed by atoms with Crippen LogP contribution >= 0.6 is 11.3 Å². The van der Waals surface area contributed by atoms with E-state index in [-0.39, 0.29) is 5.91 Å². The number of hydrogen-bond acceptors (Lipinski definition) is 5. The Morgan fingerprint density at radius 1 is 1.36 bits per heavy atom. The maximum absolute atomic E-state index is 11.9. The molecule has 0 aliphatic carbocycles. The molecule has 118 valence electrons. The van der Waals surface area contributed by atoms with Gasteiger partial charge in [0.15, 0.2) is 0 Å². The van der Waals surface area contributed by atoms with Gasteiger partial charge in [-0.2, -0.15) is 0 Å². The molecule has 0 unspecified atom stereocenters. The van der Waals surface area contributed by atoms with Crippen LogP contribution in [-0.4, -0.2) is 38.3 Å². The SMILES string of the molecule is COCCNC(=O)Cc1sc(-c2cccc(OC)c2)nc1C. The third-order valence-corrected chi connectivity index (χ3v) is 4.37. The molecule has 2 aromatic rings. The van der Waals surface area contributed by atoms with E-state index in [9.17, 15) is 4.79 Å². The molecule has 0 spiro atoms. The first-order valence-corrected chi connectivity index (χ1v) is 7.82. The second kappa shape index (κ2) is 7.91. The van der Waals surface area contributed by atoms with Crippen LogP contribution < -0.4 is 10.1 Å². The molecular weight excluding hydrogens is 300 g/mol. The van der Waals surface area contributed by atoms with Crippen LogP contribution in [0.1, 0.15) is 10.6 Å². The fourth-order valence-electron chi connectivity index (χ4n) is 1.97. The number of amides is 1. The van der Waals surface area contributed by atoms with Crippen molar-refractivity contribution in [2.24, 2.45) is 0 Å². The smallest absolute Gasteiger partial charge is 0.225 e. The highest BCUT2D eigenvalue weighted by molar-refractivity contribution is 7.15. The summed E-state index contributed by atoms with van der Waals surface area (Å²) < 4.78 is 10.1. The summed E-state index contributed by atoms with van der Waals surface area (Å²) in [7, 11) is 3.25. The van der Waals surface area contributed by atoms with E-state index < -0.39 is 0 Å². The Labute approximate surface area is 134 Å². The minimum atomic E-state index is -0.0130. The summed E-state index contributed by atoms with van der Waals surface area (Å²) in [5, 5.41) is 3.72. The van der Waals surface area contributed by atoms with Gasteiger partial charge in [-0.3, -0.25) is 4.79 Å². The molecule has 0 atom stereocenters. The number of nitrogens with zero attached hydrogens (tertiary/aromatic N) is 1. The molecule has 0 saturated carbocycles. The third kappa shape index (κ3) is 4.29. The van der Waals surface area contributed by atoms with E-state index in [1.807, 2.05) is 31.2 Å². The van der Waals surface area contributed by atoms with Gasteiger partial charge in [-0.15, -0.1) is 11.3 Å². The molecule has 0 radical (unpaired) electrons. The lowest BCUT2D eigenvalue weighted by molar-refractivity contribution is -0.120. The maximum atomic E-state index is 11.9. The van der Waals surface area contributed by atoms with Crippen LogP contribution in [0.4, 0.5) is 0 Å². The van der Waals surface area contributed by atoms with E-state index in [1.54, 1.807) is 25.6 Å². The van der Waals surface area contributed by atoms with E-state index in [2.05, 4.69) is 10.3 Å². The van der Waals surface area contributed by atoms with Gasteiger partial charge < -0.3 is 14.8 Å². The van der Waals surface area contributed by atoms with Crippen molar-refractivity contribution < 1.29 is 14.3 Å². The highest BCUT2D eigenvalue weighted by Crippen LogP contribution is 2.30. The van der Waals surface area contributed by atoms with Crippen molar-refractivity contribution in [3.8, 4) is 16.3 Å². The maximum Gasteiger partial charge on any atom is 0.225 e. The van der Waals surface area contributed by atoms with Gasteiger partial charge in [0.05, 0.1) is 25.8 Å². The van der Waals surface area contributed by atoms with Crippen LogP contribution in [0.5, 0.6) is 5.75 Å². The summed E-state index contributed by atoms with van der Waals surface area (Å²) in [5.41, 5.74) is 1.89. The lowest BCUT2D eigenvalue weighted by Gasteiger charge is -2.03. The topological polar surface area (TPSA) is 60.5 Å². The number of methoxy groups -OCH3 is 2. The van der Waals surface area contributed by atoms with E-state index >= 15 is 0 Å². The van der Waals surface area contributed by atoms with Gasteiger partial charge >= 0.3 is 0 Å². The predicted molar refractivity (Wildman–Crippen MR) is 87.4 cm³/mol. The Bertz CT molecular complexity index is 640. The fourth-order valence-corrected chi connectivity index (χ4v) is 3.03. The van der Waals surface area contributed by atoms with Crippen LogP contribution in [0, 0.1) is 6.92 Å². The van der Waals surface area contributed by atoms with Gasteiger partial charge in [0.25, 0.3) is 0 Å². The number of ether oxygens (including phenoxy) is 2. The molecule has 1 amide bonds. The Kier molecular flexibility index (Phi) is 5.91. The molecule has 1 aromatic carbocycles. The van der Waals surface area contributed by atoms with E-state index in [4.69, 9.17) is 9.47 Å². The fraction of sp³-hybridized carbons (Fsp3) is 0.375. The number of hydrogen-bond donors (Lipinski definition) is 1. The molecule has 22 heavy (non-hydrogen) atoms. The number of aryl methyl sites for hydroxylation is 1. The zero-order valence-electron chi connectivity index (χ0n) is 13.0. The molecule has 0 aliphatic heterocycles. The van der Waals surface area contributed by atoms with E-state index in [0.717, 1.165) is 26.9 Å². The largest absolute Gasteiger partial charge is 0.497 e. The Hall–Kier alpha value is -1.92. The highest BCUT2D eigenvalue weighted by atomic mass is 32.1. The number of aromatic nitrogens is 1. The first kappa shape index (κ1) is 16.5. The van der Waals surface area contributed by atoms with Gasteiger partial charge in [0.2, 0.25) is 5.91 Å². The first-order chi connectivity index (χ1) is 10.6. The van der Waals surface area contributed by atoms with Crippen molar-refractivity contribution in [3.63, 3.8) is 0 Å². The number of carbonyl (C=O) groups is 1. The van der Waals surface area contributed by atoms with Crippen molar-refractivity contribution in [2.45, 2.75) is 13.3 Å². The van der Waals surface area contributed by atoms with E-state index in [0.29, 0.717) is 19.6 Å². The summed E-state index contributed by atoms with van der Waals surface area (Å²) in [6, 6.07) is 7.76. The highest BCUT2D eigenvalue weighted by Gasteiger charge is 2.13. The summed E-state index contributed by atoms with van der Waals surface area (Å²) in [5.74, 6) is 0.783. The Morgan fingerprint density at radius 3 is 2.91 bits per heavy atom. The lowest BCUT2D eigenvalue weighted by Crippen LogP contribution is -2.28. The predicted octanol–water partition coefficient (Wildman–Crippen LogP) is 2.43. The van der Waals surface area contributed by atoms with Crippen molar-refractivity contribution in [1.29, 1.82) is 0 Å². The van der Waals surface area contributed by atoms with Gasteiger partial charge in [-0.1, -0.05) is 12.1 Å². The summed E-state index contributed by atoms with van der Waals surface area (Å²) in [6.07, 6.45) is 0.344. The number of rotatable bonds is 7. The zero-order chi connectivity index (χ0) is 15.9. The monoisotopic (exact) mass is 320 g/mol. The summed E-state index contributed by atoms with van der Waals surface area (Å²) in [6.45, 7) is 2.97. The zero-order valence-corrected chi connectivity index (χ0v) is 13.8. The van der Waals surface area contributed by atoms with Crippen LogP contribution in [0.2, 0.25) is 0 Å². The molecule has 6 heteroatoms. The van der Waals surface area contributed by atoms with Crippen LogP contribution in [0.15, 0.2) is 24.3 Å². The van der Waals surface area contributed by atoms with Crippen LogP contribution in [0.3, 0.4) is 0 Å². The summed E-state index contributed by atoms with van der Waals surface area (Å²) >= 11 is 1.54. The van der Waals surface area contributed by atoms with E-state index in [1.165, 1.54) is 0 Å². The van der Waals surface area contributed by atoms with Crippen LogP contribution in [0.25, 0.3) is 10.6 Å². The second-order valence-electron chi connectivity index (χ2n) is 4.78. The first-order valence-electron chi connectivity index (χ1n) is 7.00. The molecule has 1 heterocycles. The van der Waals surface area contributed by atoms with Gasteiger partial charge in [-0.05, 0) is 19.1 Å². The average Bonchev–Trinajstić information content (AvgIpc) is 2.88. The van der Waals surface area contributed by atoms with Gasteiger partial charge in [0.1, 0.15) is 10.8 Å². The van der Waals surface area contributed by atoms with Gasteiger partial charge in [-0.25, -0.2) is 4.98 Å². The molecule has 5 nitrogen and oxygen atoms in total. The minimum absolute atomic E-state index is 0.0130. The second-order valence-corrected chi connectivity index (χ2v) is 5.86. The number of nitrogens with one attached hydrogen (secondary N) is 1. The molecule has 1 aromatic heterocycles. The number of benzene rings is 1. The van der Waals surface area contributed by atoms with Crippen molar-refractivity contribution in [3.05, 3.63) is 34.8 Å². The Balaban J connectivity index is 2.09. The number of thiazole rings is 1. The summed E-state index contributed by atoms with van der Waals surface area (Å²) in [4.78, 5) is 17.4. The molecule has 1 N–H and O–H groups in total. The quantitative estimate of drug-likeness (QED) is 0.796. The van der Waals surface area contributed by atoms with Gasteiger partial charge in [0, 0.05) is 24.1 Å². The lowest BCUT2D eigenvalue weighted by atomic mass is 10.2. The van der Waals surface area contributed by atoms with Crippen LogP contribution in [-0.2, 0) is 16.0 Å². The molecule has 0 saturated heterocycles. The molecular formula is C16H20N2O3S. The normalized spacial score (nSPS) is 10.5. The van der Waals surface area contributed by atoms with Crippen molar-refractivity contribution in [2.75, 3.05) is 27.4 Å². The minimum Gasteiger partial charge on any atom is -0.497 e. The molecule has 0 bridgehead atoms. The van der Waals surface area contributed by atoms with Crippen molar-refractivity contribution >= 4 is 17.2 Å². The Morgan fingerprint density at radius 2 is 2.18 bits per heavy atom. The van der Waals surface area contributed by atoms with Crippen molar-refractivity contribution in [1.82, 2.24) is 10.3 Å². The molecule has 0 aliphatic rings. The molecule has 2 rings (SSSR count). The standard InChI is InChI=1S/C16H20N2O3S/c1-11-14(10-15(19)17-7-8-20-2)22-16(18-11)12-5-4-6-13(9-12)21-3/h4-6,9H,7-8,10H2,1-3H3,(H,17,19). The third-order valence-electron chi connectivity index (χ3n) is 3.16.